The maximum Gasteiger partial charge on any atom is 0.434 e. The van der Waals surface area contributed by atoms with Gasteiger partial charge >= 0.3 is 12.2 Å². The molecule has 0 unspecified atom stereocenters. The Balaban J connectivity index is 1.56. The number of carbonyl (C=O) groups is 1. The quantitative estimate of drug-likeness (QED) is 0.764. The van der Waals surface area contributed by atoms with Gasteiger partial charge in [0.05, 0.1) is 12.2 Å². The van der Waals surface area contributed by atoms with Gasteiger partial charge in [0.15, 0.2) is 15.8 Å². The highest BCUT2D eigenvalue weighted by molar-refractivity contribution is 7.15. The number of nitrogens with zero attached hydrogens (tertiary/aromatic N) is 3. The minimum Gasteiger partial charge on any atom is -0.332 e. The van der Waals surface area contributed by atoms with Crippen LogP contribution in [-0.2, 0) is 12.7 Å². The first-order valence-corrected chi connectivity index (χ1v) is 7.66. The molecule has 0 radical (unpaired) electrons. The third-order valence-electron chi connectivity index (χ3n) is 2.59. The number of imidazole rings is 1. The van der Waals surface area contributed by atoms with Gasteiger partial charge in [-0.1, -0.05) is 0 Å². The molecule has 0 atom stereocenters. The summed E-state index contributed by atoms with van der Waals surface area (Å²) in [5.74, 6) is 0. The number of alkyl halides is 3. The van der Waals surface area contributed by atoms with Crippen LogP contribution in [-0.4, -0.2) is 20.4 Å². The molecule has 2 N–H and O–H groups in total. The summed E-state index contributed by atoms with van der Waals surface area (Å²) in [5, 5.41) is 7.38. The van der Waals surface area contributed by atoms with Crippen molar-refractivity contribution in [2.75, 3.05) is 5.32 Å². The van der Waals surface area contributed by atoms with Crippen LogP contribution in [0.4, 0.5) is 23.1 Å². The number of thiazole rings is 2. The zero-order valence-corrected chi connectivity index (χ0v) is 12.3. The Hall–Kier alpha value is -2.14. The number of hydrogen-bond donors (Lipinski definition) is 2. The van der Waals surface area contributed by atoms with Gasteiger partial charge in [-0.25, -0.2) is 14.8 Å². The van der Waals surface area contributed by atoms with Gasteiger partial charge in [-0.15, -0.1) is 22.7 Å². The Bertz CT molecular complexity index is 777. The Morgan fingerprint density at radius 3 is 2.82 bits per heavy atom. The van der Waals surface area contributed by atoms with Crippen LogP contribution in [0.3, 0.4) is 0 Å². The SMILES string of the molecule is O=C(NCc1cn2ccsc2n1)Nc1nc(C(F)(F)F)cs1. The fraction of sp³-hybridized carbons (Fsp3) is 0.182. The third kappa shape index (κ3) is 3.20. The smallest absolute Gasteiger partial charge is 0.332 e. The first-order valence-electron chi connectivity index (χ1n) is 5.90. The van der Waals surface area contributed by atoms with Crippen LogP contribution in [0.2, 0.25) is 0 Å². The van der Waals surface area contributed by atoms with Crippen LogP contribution < -0.4 is 10.6 Å². The summed E-state index contributed by atoms with van der Waals surface area (Å²) in [4.78, 5) is 20.0. The van der Waals surface area contributed by atoms with Gasteiger partial charge in [0.2, 0.25) is 0 Å². The molecule has 0 spiro atoms. The van der Waals surface area contributed by atoms with Gasteiger partial charge in [0, 0.05) is 23.2 Å². The van der Waals surface area contributed by atoms with E-state index in [1.165, 1.54) is 11.3 Å². The van der Waals surface area contributed by atoms with Crippen LogP contribution in [0.25, 0.3) is 4.96 Å². The second-order valence-corrected chi connectivity index (χ2v) is 5.90. The topological polar surface area (TPSA) is 71.3 Å². The van der Waals surface area contributed by atoms with E-state index in [9.17, 15) is 18.0 Å². The molecule has 0 aliphatic carbocycles. The number of fused-ring (bicyclic) bond motifs is 1. The van der Waals surface area contributed by atoms with Crippen molar-refractivity contribution >= 4 is 38.8 Å². The molecular weight excluding hydrogens is 339 g/mol. The van der Waals surface area contributed by atoms with Crippen molar-refractivity contribution < 1.29 is 18.0 Å². The fourth-order valence-corrected chi connectivity index (χ4v) is 3.07. The highest BCUT2D eigenvalue weighted by Gasteiger charge is 2.33. The molecule has 3 heterocycles. The molecule has 116 valence electrons. The van der Waals surface area contributed by atoms with Gasteiger partial charge in [-0.3, -0.25) is 9.72 Å². The van der Waals surface area contributed by atoms with E-state index in [1.54, 1.807) is 6.20 Å². The molecule has 0 bridgehead atoms. The van der Waals surface area contributed by atoms with Crippen molar-refractivity contribution in [3.05, 3.63) is 34.5 Å². The highest BCUT2D eigenvalue weighted by Crippen LogP contribution is 2.31. The van der Waals surface area contributed by atoms with E-state index in [0.29, 0.717) is 17.0 Å². The summed E-state index contributed by atoms with van der Waals surface area (Å²) >= 11 is 2.17. The molecular formula is C11H8F3N5OS2. The molecule has 0 aliphatic rings. The van der Waals surface area contributed by atoms with Gasteiger partial charge < -0.3 is 5.32 Å². The molecule has 3 aromatic heterocycles. The normalized spacial score (nSPS) is 11.8. The van der Waals surface area contributed by atoms with E-state index < -0.39 is 17.9 Å². The molecule has 3 rings (SSSR count). The minimum atomic E-state index is -4.52. The average Bonchev–Trinajstić information content (AvgIpc) is 3.09. The lowest BCUT2D eigenvalue weighted by molar-refractivity contribution is -0.140. The molecule has 0 fully saturated rings. The number of amides is 2. The Morgan fingerprint density at radius 2 is 2.14 bits per heavy atom. The number of aromatic nitrogens is 3. The average molecular weight is 347 g/mol. The minimum absolute atomic E-state index is 0.115. The summed E-state index contributed by atoms with van der Waals surface area (Å²) in [7, 11) is 0. The molecule has 0 aromatic carbocycles. The van der Waals surface area contributed by atoms with Crippen LogP contribution in [0.5, 0.6) is 0 Å². The first-order chi connectivity index (χ1) is 10.4. The van der Waals surface area contributed by atoms with Gasteiger partial charge in [-0.2, -0.15) is 13.2 Å². The number of anilines is 1. The van der Waals surface area contributed by atoms with E-state index in [4.69, 9.17) is 0 Å². The number of urea groups is 1. The van der Waals surface area contributed by atoms with Crippen LogP contribution in [0.15, 0.2) is 23.2 Å². The largest absolute Gasteiger partial charge is 0.434 e. The number of hydrogen-bond acceptors (Lipinski definition) is 5. The van der Waals surface area contributed by atoms with Gasteiger partial charge in [-0.05, 0) is 0 Å². The Labute approximate surface area is 129 Å². The van der Waals surface area contributed by atoms with E-state index in [2.05, 4.69) is 20.6 Å². The van der Waals surface area contributed by atoms with Gasteiger partial charge in [0.25, 0.3) is 0 Å². The molecule has 0 aliphatic heterocycles. The molecule has 6 nitrogen and oxygen atoms in total. The standard InChI is InChI=1S/C11H8F3N5OS2/c12-11(13,14)7-5-22-9(17-7)18-8(20)15-3-6-4-19-1-2-21-10(19)16-6/h1-2,4-5H,3H2,(H2,15,17,18,20). The van der Waals surface area contributed by atoms with E-state index in [1.807, 2.05) is 16.0 Å². The monoisotopic (exact) mass is 347 g/mol. The Morgan fingerprint density at radius 1 is 1.32 bits per heavy atom. The predicted molar refractivity (Wildman–Crippen MR) is 76.0 cm³/mol. The van der Waals surface area contributed by atoms with Crippen molar-refractivity contribution in [1.29, 1.82) is 0 Å². The lowest BCUT2D eigenvalue weighted by atomic mass is 10.5. The predicted octanol–water partition coefficient (Wildman–Crippen LogP) is 3.19. The molecule has 22 heavy (non-hydrogen) atoms. The third-order valence-corrected chi connectivity index (χ3v) is 4.12. The molecule has 3 aromatic rings. The zero-order chi connectivity index (χ0) is 15.7. The van der Waals surface area contributed by atoms with Crippen molar-refractivity contribution in [1.82, 2.24) is 19.7 Å². The molecule has 11 heteroatoms. The van der Waals surface area contributed by atoms with E-state index >= 15 is 0 Å². The van der Waals surface area contributed by atoms with Crippen LogP contribution in [0, 0.1) is 0 Å². The number of rotatable bonds is 3. The summed E-state index contributed by atoms with van der Waals surface area (Å²) in [5.41, 5.74) is -0.376. The summed E-state index contributed by atoms with van der Waals surface area (Å²) < 4.78 is 39.0. The fourth-order valence-electron chi connectivity index (χ4n) is 1.63. The van der Waals surface area contributed by atoms with Crippen molar-refractivity contribution in [3.8, 4) is 0 Å². The zero-order valence-electron chi connectivity index (χ0n) is 10.7. The Kier molecular flexibility index (Phi) is 3.74. The van der Waals surface area contributed by atoms with E-state index in [0.717, 1.165) is 10.3 Å². The van der Waals surface area contributed by atoms with Crippen LogP contribution >= 0.6 is 22.7 Å². The lowest BCUT2D eigenvalue weighted by Crippen LogP contribution is -2.28. The maximum atomic E-state index is 12.4. The van der Waals surface area contributed by atoms with Crippen molar-refractivity contribution in [2.24, 2.45) is 0 Å². The van der Waals surface area contributed by atoms with Gasteiger partial charge in [0.1, 0.15) is 0 Å². The maximum absolute atomic E-state index is 12.4. The number of carbonyl (C=O) groups excluding carboxylic acids is 1. The second-order valence-electron chi connectivity index (χ2n) is 4.17. The number of halogens is 3. The first kappa shape index (κ1) is 14.8. The summed E-state index contributed by atoms with van der Waals surface area (Å²) in [6, 6.07) is -0.639. The second kappa shape index (κ2) is 5.57. The number of nitrogens with one attached hydrogen (secondary N) is 2. The van der Waals surface area contributed by atoms with E-state index in [-0.39, 0.29) is 11.7 Å². The van der Waals surface area contributed by atoms with Crippen molar-refractivity contribution in [3.63, 3.8) is 0 Å². The summed E-state index contributed by atoms with van der Waals surface area (Å²) in [6.45, 7) is 0.164. The highest BCUT2D eigenvalue weighted by atomic mass is 32.1. The summed E-state index contributed by atoms with van der Waals surface area (Å²) in [6.07, 6.45) is -0.919. The van der Waals surface area contributed by atoms with Crippen molar-refractivity contribution in [2.45, 2.75) is 12.7 Å². The van der Waals surface area contributed by atoms with Crippen LogP contribution in [0.1, 0.15) is 11.4 Å². The molecule has 0 saturated heterocycles. The molecule has 2 amide bonds. The molecule has 0 saturated carbocycles. The lowest BCUT2D eigenvalue weighted by Gasteiger charge is -2.03.